The number of nitro benzene ring substituents is 1. The molecule has 2 aliphatic heterocycles. The molecule has 2 aliphatic rings. The number of halogens is 1. The summed E-state index contributed by atoms with van der Waals surface area (Å²) in [4.78, 5) is 44.3. The number of fused-ring (bicyclic) bond motifs is 1. The molecule has 8 nitrogen and oxygen atoms in total. The monoisotopic (exact) mass is 433 g/mol. The number of benzene rings is 3. The Hall–Kier alpha value is -4.11. The second kappa shape index (κ2) is 7.54. The molecule has 0 bridgehead atoms. The Morgan fingerprint density at radius 3 is 2.28 bits per heavy atom. The fraction of sp³-hybridized carbons (Fsp3) is 0.130. The zero-order valence-corrected chi connectivity index (χ0v) is 16.5. The number of carbonyl (C=O) groups excluding carboxylic acids is 2. The summed E-state index contributed by atoms with van der Waals surface area (Å²) in [5, 5.41) is 12.6. The van der Waals surface area contributed by atoms with Crippen molar-refractivity contribution in [2.45, 2.75) is 12.1 Å². The first-order valence-corrected chi connectivity index (χ1v) is 9.84. The Morgan fingerprint density at radius 1 is 0.875 bits per heavy atom. The van der Waals surface area contributed by atoms with Crippen LogP contribution in [0.3, 0.4) is 0 Å². The van der Waals surface area contributed by atoms with Gasteiger partial charge in [0.1, 0.15) is 11.7 Å². The lowest BCUT2D eigenvalue weighted by Crippen LogP contribution is -2.37. The topological polar surface area (TPSA) is 93.0 Å². The summed E-state index contributed by atoms with van der Waals surface area (Å²) in [5.41, 5.74) is 1.19. The highest BCUT2D eigenvalue weighted by Crippen LogP contribution is 2.47. The van der Waals surface area contributed by atoms with Gasteiger partial charge in [-0.2, -0.15) is 0 Å². The molecule has 160 valence electrons. The number of hydroxylamine groups is 1. The van der Waals surface area contributed by atoms with Gasteiger partial charge in [0.2, 0.25) is 5.91 Å². The van der Waals surface area contributed by atoms with E-state index in [2.05, 4.69) is 0 Å². The third-order valence-corrected chi connectivity index (χ3v) is 5.64. The molecule has 0 aromatic heterocycles. The van der Waals surface area contributed by atoms with Crippen LogP contribution >= 0.6 is 0 Å². The van der Waals surface area contributed by atoms with Crippen LogP contribution in [0.2, 0.25) is 0 Å². The Balaban J connectivity index is 1.58. The smallest absolute Gasteiger partial charge is 0.271 e. The second-order valence-electron chi connectivity index (χ2n) is 7.50. The van der Waals surface area contributed by atoms with Gasteiger partial charge in [-0.15, -0.1) is 0 Å². The highest BCUT2D eigenvalue weighted by Gasteiger charge is 2.60. The Bertz CT molecular complexity index is 1220. The van der Waals surface area contributed by atoms with Crippen molar-refractivity contribution in [2.24, 2.45) is 5.92 Å². The first-order valence-electron chi connectivity index (χ1n) is 9.84. The lowest BCUT2D eigenvalue weighted by molar-refractivity contribution is -0.384. The van der Waals surface area contributed by atoms with Gasteiger partial charge in [0, 0.05) is 12.1 Å². The molecule has 3 unspecified atom stereocenters. The molecule has 0 radical (unpaired) electrons. The van der Waals surface area contributed by atoms with Gasteiger partial charge in [-0.05, 0) is 35.9 Å². The average Bonchev–Trinajstić information content (AvgIpc) is 3.31. The normalized spacial score (nSPS) is 22.3. The standard InChI is InChI=1S/C23H16FN3O5/c24-15-9-11-16(12-10-15)25-22(28)19-20(14-5-2-1-3-6-14)26(32-21(19)23(25)29)17-7-4-8-18(13-17)27(30)31/h1-13,19-21H. The van der Waals surface area contributed by atoms with Crippen LogP contribution in [-0.4, -0.2) is 22.8 Å². The first kappa shape index (κ1) is 19.8. The molecule has 0 saturated carbocycles. The number of amides is 2. The third kappa shape index (κ3) is 3.10. The molecule has 0 aliphatic carbocycles. The number of non-ortho nitro benzene ring substituents is 1. The van der Waals surface area contributed by atoms with Crippen molar-refractivity contribution in [1.82, 2.24) is 0 Å². The lowest BCUT2D eigenvalue weighted by Gasteiger charge is -2.28. The van der Waals surface area contributed by atoms with Crippen LogP contribution in [0.1, 0.15) is 11.6 Å². The molecule has 9 heteroatoms. The SMILES string of the molecule is O=C1C2ON(c3cccc([N+](=O)[O-])c3)C(c3ccccc3)C2C(=O)N1c1ccc(F)cc1. The van der Waals surface area contributed by atoms with Gasteiger partial charge in [0.25, 0.3) is 11.6 Å². The summed E-state index contributed by atoms with van der Waals surface area (Å²) in [6.45, 7) is 0. The van der Waals surface area contributed by atoms with E-state index in [0.29, 0.717) is 11.3 Å². The number of imide groups is 1. The predicted molar refractivity (Wildman–Crippen MR) is 112 cm³/mol. The van der Waals surface area contributed by atoms with E-state index in [-0.39, 0.29) is 11.4 Å². The molecule has 2 heterocycles. The number of rotatable bonds is 4. The summed E-state index contributed by atoms with van der Waals surface area (Å²) in [7, 11) is 0. The molecular formula is C23H16FN3O5. The minimum Gasteiger partial charge on any atom is -0.273 e. The molecular weight excluding hydrogens is 417 g/mol. The van der Waals surface area contributed by atoms with E-state index in [1.165, 1.54) is 47.5 Å². The number of hydrogen-bond donors (Lipinski definition) is 0. The van der Waals surface area contributed by atoms with Crippen molar-refractivity contribution < 1.29 is 23.7 Å². The van der Waals surface area contributed by atoms with Gasteiger partial charge in [0.15, 0.2) is 6.10 Å². The van der Waals surface area contributed by atoms with Crippen molar-refractivity contribution in [2.75, 3.05) is 9.96 Å². The molecule has 3 aromatic rings. The largest absolute Gasteiger partial charge is 0.273 e. The van der Waals surface area contributed by atoms with E-state index in [4.69, 9.17) is 4.84 Å². The Labute approximate surface area is 181 Å². The number of nitrogens with zero attached hydrogens (tertiary/aromatic N) is 3. The quantitative estimate of drug-likeness (QED) is 0.353. The maximum atomic E-state index is 13.4. The number of nitro groups is 1. The van der Waals surface area contributed by atoms with Crippen LogP contribution in [0.5, 0.6) is 0 Å². The van der Waals surface area contributed by atoms with Crippen molar-refractivity contribution in [3.63, 3.8) is 0 Å². The average molecular weight is 433 g/mol. The molecule has 0 N–H and O–H groups in total. The number of carbonyl (C=O) groups is 2. The van der Waals surface area contributed by atoms with Crippen LogP contribution in [0, 0.1) is 21.8 Å². The Morgan fingerprint density at radius 2 is 1.59 bits per heavy atom. The number of anilines is 2. The van der Waals surface area contributed by atoms with Gasteiger partial charge in [-0.3, -0.25) is 24.5 Å². The maximum Gasteiger partial charge on any atom is 0.271 e. The molecule has 2 amide bonds. The van der Waals surface area contributed by atoms with E-state index in [9.17, 15) is 24.1 Å². The molecule has 3 aromatic carbocycles. The highest BCUT2D eigenvalue weighted by atomic mass is 19.1. The van der Waals surface area contributed by atoms with Crippen LogP contribution in [-0.2, 0) is 14.4 Å². The zero-order valence-electron chi connectivity index (χ0n) is 16.5. The van der Waals surface area contributed by atoms with Gasteiger partial charge in [0.05, 0.1) is 22.3 Å². The molecule has 3 atom stereocenters. The lowest BCUT2D eigenvalue weighted by atomic mass is 9.90. The van der Waals surface area contributed by atoms with Gasteiger partial charge >= 0.3 is 0 Å². The minimum absolute atomic E-state index is 0.138. The van der Waals surface area contributed by atoms with Crippen molar-refractivity contribution in [3.05, 3.63) is 100 Å². The second-order valence-corrected chi connectivity index (χ2v) is 7.50. The van der Waals surface area contributed by atoms with E-state index < -0.39 is 40.6 Å². The molecule has 5 rings (SSSR count). The van der Waals surface area contributed by atoms with Gasteiger partial charge in [-0.1, -0.05) is 36.4 Å². The third-order valence-electron chi connectivity index (χ3n) is 5.64. The summed E-state index contributed by atoms with van der Waals surface area (Å²) in [6, 6.07) is 19.2. The fourth-order valence-corrected chi connectivity index (χ4v) is 4.22. The van der Waals surface area contributed by atoms with Gasteiger partial charge in [-0.25, -0.2) is 14.4 Å². The van der Waals surface area contributed by atoms with Crippen LogP contribution in [0.4, 0.5) is 21.5 Å². The van der Waals surface area contributed by atoms with Crippen LogP contribution in [0.15, 0.2) is 78.9 Å². The Kier molecular flexibility index (Phi) is 4.67. The molecule has 0 spiro atoms. The molecule has 2 saturated heterocycles. The maximum absolute atomic E-state index is 13.4. The van der Waals surface area contributed by atoms with Crippen LogP contribution in [0.25, 0.3) is 0 Å². The fourth-order valence-electron chi connectivity index (χ4n) is 4.22. The summed E-state index contributed by atoms with van der Waals surface area (Å²) < 4.78 is 13.3. The van der Waals surface area contributed by atoms with E-state index in [1.54, 1.807) is 30.3 Å². The molecule has 32 heavy (non-hydrogen) atoms. The molecule has 2 fully saturated rings. The number of hydrogen-bond acceptors (Lipinski definition) is 6. The van der Waals surface area contributed by atoms with Crippen molar-refractivity contribution >= 4 is 28.9 Å². The highest BCUT2D eigenvalue weighted by molar-refractivity contribution is 6.23. The first-order chi connectivity index (χ1) is 15.5. The van der Waals surface area contributed by atoms with E-state index in [0.717, 1.165) is 4.90 Å². The van der Waals surface area contributed by atoms with Crippen molar-refractivity contribution in [3.8, 4) is 0 Å². The summed E-state index contributed by atoms with van der Waals surface area (Å²) in [5.74, 6) is -2.41. The predicted octanol–water partition coefficient (Wildman–Crippen LogP) is 3.79. The minimum atomic E-state index is -1.11. The van der Waals surface area contributed by atoms with Gasteiger partial charge < -0.3 is 0 Å². The van der Waals surface area contributed by atoms with E-state index in [1.807, 2.05) is 6.07 Å². The van der Waals surface area contributed by atoms with E-state index >= 15 is 0 Å². The summed E-state index contributed by atoms with van der Waals surface area (Å²) >= 11 is 0. The summed E-state index contributed by atoms with van der Waals surface area (Å²) in [6.07, 6.45) is -1.11. The van der Waals surface area contributed by atoms with Crippen LogP contribution < -0.4 is 9.96 Å². The van der Waals surface area contributed by atoms with Crippen molar-refractivity contribution in [1.29, 1.82) is 0 Å². The zero-order chi connectivity index (χ0) is 22.4.